The van der Waals surface area contributed by atoms with Gasteiger partial charge in [-0.1, -0.05) is 0 Å². The molecule has 1 heterocycles. The molecule has 0 saturated carbocycles. The molecule has 1 aromatic carbocycles. The van der Waals surface area contributed by atoms with Crippen molar-refractivity contribution in [3.8, 4) is 6.07 Å². The lowest BCUT2D eigenvalue weighted by atomic mass is 10.1. The SMILES string of the molecule is CCOC(=O)c1n[nH]c(CNC(=O)c2ccc(C#N)cc2)n1. The standard InChI is InChI=1S/C14H13N5O3/c1-2-22-14(21)12-17-11(18-19-12)8-16-13(20)10-5-3-9(7-15)4-6-10/h3-6H,2,8H2,1H3,(H,16,20)(H,17,18,19). The van der Waals surface area contributed by atoms with Crippen LogP contribution in [-0.2, 0) is 11.3 Å². The van der Waals surface area contributed by atoms with Crippen LogP contribution in [-0.4, -0.2) is 33.7 Å². The number of benzene rings is 1. The lowest BCUT2D eigenvalue weighted by molar-refractivity contribution is 0.0512. The van der Waals surface area contributed by atoms with Crippen molar-refractivity contribution in [3.63, 3.8) is 0 Å². The molecule has 1 amide bonds. The Hall–Kier alpha value is -3.21. The van der Waals surface area contributed by atoms with Crippen molar-refractivity contribution in [2.45, 2.75) is 13.5 Å². The number of nitriles is 1. The number of amides is 1. The minimum Gasteiger partial charge on any atom is -0.460 e. The highest BCUT2D eigenvalue weighted by atomic mass is 16.5. The van der Waals surface area contributed by atoms with E-state index in [1.165, 1.54) is 0 Å². The van der Waals surface area contributed by atoms with E-state index in [0.717, 1.165) is 0 Å². The van der Waals surface area contributed by atoms with E-state index in [-0.39, 0.29) is 24.9 Å². The lowest BCUT2D eigenvalue weighted by Gasteiger charge is -2.02. The first-order valence-corrected chi connectivity index (χ1v) is 6.50. The molecule has 112 valence electrons. The molecular weight excluding hydrogens is 286 g/mol. The molecule has 0 bridgehead atoms. The third-order valence-electron chi connectivity index (χ3n) is 2.68. The van der Waals surface area contributed by atoms with E-state index in [1.54, 1.807) is 31.2 Å². The summed E-state index contributed by atoms with van der Waals surface area (Å²) in [7, 11) is 0. The topological polar surface area (TPSA) is 121 Å². The Morgan fingerprint density at radius 2 is 2.09 bits per heavy atom. The van der Waals surface area contributed by atoms with Gasteiger partial charge >= 0.3 is 5.97 Å². The van der Waals surface area contributed by atoms with Gasteiger partial charge in [0.15, 0.2) is 0 Å². The summed E-state index contributed by atoms with van der Waals surface area (Å²) < 4.78 is 4.76. The molecule has 2 N–H and O–H groups in total. The number of H-pyrrole nitrogens is 1. The zero-order chi connectivity index (χ0) is 15.9. The molecule has 0 fully saturated rings. The molecular formula is C14H13N5O3. The van der Waals surface area contributed by atoms with Crippen molar-refractivity contribution < 1.29 is 14.3 Å². The number of nitrogens with zero attached hydrogens (tertiary/aromatic N) is 3. The van der Waals surface area contributed by atoms with Gasteiger partial charge in [-0.25, -0.2) is 9.78 Å². The second-order valence-electron chi connectivity index (χ2n) is 4.20. The molecule has 0 spiro atoms. The first-order valence-electron chi connectivity index (χ1n) is 6.50. The summed E-state index contributed by atoms with van der Waals surface area (Å²) in [6, 6.07) is 8.20. The second-order valence-corrected chi connectivity index (χ2v) is 4.20. The Balaban J connectivity index is 1.93. The molecule has 2 rings (SSSR count). The van der Waals surface area contributed by atoms with Gasteiger partial charge in [-0.3, -0.25) is 9.89 Å². The number of hydrogen-bond donors (Lipinski definition) is 2. The van der Waals surface area contributed by atoms with E-state index < -0.39 is 5.97 Å². The largest absolute Gasteiger partial charge is 0.460 e. The number of aromatic nitrogens is 3. The van der Waals surface area contributed by atoms with Gasteiger partial charge in [-0.2, -0.15) is 5.26 Å². The summed E-state index contributed by atoms with van der Waals surface area (Å²) in [5, 5.41) is 17.6. The van der Waals surface area contributed by atoms with Crippen LogP contribution in [0.25, 0.3) is 0 Å². The number of carbonyl (C=O) groups excluding carboxylic acids is 2. The maximum atomic E-state index is 11.9. The van der Waals surface area contributed by atoms with Crippen molar-refractivity contribution in [1.29, 1.82) is 5.26 Å². The van der Waals surface area contributed by atoms with Crippen molar-refractivity contribution in [3.05, 3.63) is 47.0 Å². The normalized spacial score (nSPS) is 9.82. The van der Waals surface area contributed by atoms with E-state index in [0.29, 0.717) is 17.0 Å². The average molecular weight is 299 g/mol. The number of rotatable bonds is 5. The molecule has 22 heavy (non-hydrogen) atoms. The van der Waals surface area contributed by atoms with Gasteiger partial charge in [-0.05, 0) is 31.2 Å². The monoisotopic (exact) mass is 299 g/mol. The van der Waals surface area contributed by atoms with Crippen LogP contribution in [0.4, 0.5) is 0 Å². The molecule has 0 aliphatic heterocycles. The highest BCUT2D eigenvalue weighted by Crippen LogP contribution is 2.03. The Kier molecular flexibility index (Phi) is 4.82. The Morgan fingerprint density at radius 1 is 1.36 bits per heavy atom. The molecule has 8 heteroatoms. The molecule has 0 radical (unpaired) electrons. The van der Waals surface area contributed by atoms with Crippen LogP contribution in [0.1, 0.15) is 39.3 Å². The second kappa shape index (κ2) is 6.99. The molecule has 0 saturated heterocycles. The zero-order valence-corrected chi connectivity index (χ0v) is 11.8. The van der Waals surface area contributed by atoms with Crippen LogP contribution in [0.15, 0.2) is 24.3 Å². The van der Waals surface area contributed by atoms with Crippen molar-refractivity contribution in [1.82, 2.24) is 20.5 Å². The van der Waals surface area contributed by atoms with Gasteiger partial charge in [0, 0.05) is 5.56 Å². The summed E-state index contributed by atoms with van der Waals surface area (Å²) in [4.78, 5) is 27.2. The van der Waals surface area contributed by atoms with Crippen LogP contribution in [0, 0.1) is 11.3 Å². The highest BCUT2D eigenvalue weighted by Gasteiger charge is 2.14. The maximum absolute atomic E-state index is 11.9. The number of nitrogens with one attached hydrogen (secondary N) is 2. The molecule has 0 atom stereocenters. The minimum atomic E-state index is -0.622. The zero-order valence-electron chi connectivity index (χ0n) is 11.8. The third-order valence-corrected chi connectivity index (χ3v) is 2.68. The molecule has 0 unspecified atom stereocenters. The van der Waals surface area contributed by atoms with E-state index in [9.17, 15) is 9.59 Å². The van der Waals surface area contributed by atoms with E-state index in [4.69, 9.17) is 10.00 Å². The fourth-order valence-corrected chi connectivity index (χ4v) is 1.62. The van der Waals surface area contributed by atoms with Crippen LogP contribution >= 0.6 is 0 Å². The highest BCUT2D eigenvalue weighted by molar-refractivity contribution is 5.94. The quantitative estimate of drug-likeness (QED) is 0.787. The molecule has 0 aliphatic rings. The maximum Gasteiger partial charge on any atom is 0.378 e. The summed E-state index contributed by atoms with van der Waals surface area (Å²) in [6.45, 7) is 2.01. The van der Waals surface area contributed by atoms with Gasteiger partial charge in [0.2, 0.25) is 0 Å². The van der Waals surface area contributed by atoms with Crippen molar-refractivity contribution in [2.75, 3.05) is 6.61 Å². The van der Waals surface area contributed by atoms with Crippen LogP contribution in [0.5, 0.6) is 0 Å². The number of hydrogen-bond acceptors (Lipinski definition) is 6. The van der Waals surface area contributed by atoms with Gasteiger partial charge in [0.25, 0.3) is 11.7 Å². The van der Waals surface area contributed by atoms with Crippen molar-refractivity contribution in [2.24, 2.45) is 0 Å². The number of aromatic amines is 1. The first-order chi connectivity index (χ1) is 10.6. The van der Waals surface area contributed by atoms with Crippen LogP contribution in [0.2, 0.25) is 0 Å². The Morgan fingerprint density at radius 3 is 2.73 bits per heavy atom. The summed E-state index contributed by atoms with van der Waals surface area (Å²) in [5.41, 5.74) is 0.898. The van der Waals surface area contributed by atoms with E-state index in [2.05, 4.69) is 20.5 Å². The fraction of sp³-hybridized carbons (Fsp3) is 0.214. The van der Waals surface area contributed by atoms with Gasteiger partial charge in [0.1, 0.15) is 5.82 Å². The summed E-state index contributed by atoms with van der Waals surface area (Å²) >= 11 is 0. The van der Waals surface area contributed by atoms with Gasteiger partial charge in [0.05, 0.1) is 24.8 Å². The average Bonchev–Trinajstić information content (AvgIpc) is 3.02. The number of esters is 1. The Labute approximate surface area is 126 Å². The van der Waals surface area contributed by atoms with E-state index >= 15 is 0 Å². The smallest absolute Gasteiger partial charge is 0.378 e. The Bertz CT molecular complexity index is 715. The van der Waals surface area contributed by atoms with E-state index in [1.807, 2.05) is 6.07 Å². The fourth-order valence-electron chi connectivity index (χ4n) is 1.62. The van der Waals surface area contributed by atoms with Gasteiger partial charge in [-0.15, -0.1) is 5.10 Å². The van der Waals surface area contributed by atoms with Crippen LogP contribution in [0.3, 0.4) is 0 Å². The summed E-state index contributed by atoms with van der Waals surface area (Å²) in [6.07, 6.45) is 0. The predicted octanol–water partition coefficient (Wildman–Crippen LogP) is 0.783. The predicted molar refractivity (Wildman–Crippen MR) is 74.7 cm³/mol. The molecule has 8 nitrogen and oxygen atoms in total. The number of carbonyl (C=O) groups is 2. The van der Waals surface area contributed by atoms with Crippen molar-refractivity contribution >= 4 is 11.9 Å². The minimum absolute atomic E-state index is 0.0792. The first kappa shape index (κ1) is 15.2. The molecule has 2 aromatic rings. The van der Waals surface area contributed by atoms with Crippen LogP contribution < -0.4 is 5.32 Å². The molecule has 0 aliphatic carbocycles. The summed E-state index contributed by atoms with van der Waals surface area (Å²) in [5.74, 6) is -0.684. The van der Waals surface area contributed by atoms with Gasteiger partial charge < -0.3 is 10.1 Å². The number of ether oxygens (including phenoxy) is 1. The molecule has 1 aromatic heterocycles. The lowest BCUT2D eigenvalue weighted by Crippen LogP contribution is -2.23. The third kappa shape index (κ3) is 3.67.